The number of aliphatic hydroxyl groups excluding tert-OH is 1. The Morgan fingerprint density at radius 3 is 2.67 bits per heavy atom. The molecule has 2 aromatic carbocycles. The van der Waals surface area contributed by atoms with Crippen LogP contribution in [0.25, 0.3) is 0 Å². The molecule has 0 radical (unpaired) electrons. The number of carbonyl (C=O) groups is 1. The van der Waals surface area contributed by atoms with Crippen molar-refractivity contribution in [3.63, 3.8) is 0 Å². The Labute approximate surface area is 127 Å². The molecule has 1 aliphatic rings. The first-order valence-corrected chi connectivity index (χ1v) is 7.10. The maximum Gasteiger partial charge on any atom is 0.257 e. The van der Waals surface area contributed by atoms with Gasteiger partial charge in [0.2, 0.25) is 0 Å². The minimum atomic E-state index is -1.24. The lowest BCUT2D eigenvalue weighted by atomic mass is 10.1. The molecule has 1 aliphatic heterocycles. The highest BCUT2D eigenvalue weighted by molar-refractivity contribution is 7.99. The summed E-state index contributed by atoms with van der Waals surface area (Å²) in [5.74, 6) is -2.38. The van der Waals surface area contributed by atoms with Gasteiger partial charge in [-0.15, -0.1) is 0 Å². The fourth-order valence-corrected chi connectivity index (χ4v) is 3.16. The molecule has 0 spiro atoms. The number of benzene rings is 2. The van der Waals surface area contributed by atoms with E-state index in [9.17, 15) is 18.7 Å². The van der Waals surface area contributed by atoms with E-state index in [-0.39, 0.29) is 0 Å². The fourth-order valence-electron chi connectivity index (χ4n) is 1.99. The largest absolute Gasteiger partial charge is 0.378 e. The van der Waals surface area contributed by atoms with E-state index < -0.39 is 23.6 Å². The van der Waals surface area contributed by atoms with Gasteiger partial charge >= 0.3 is 0 Å². The van der Waals surface area contributed by atoms with Gasteiger partial charge < -0.3 is 10.4 Å². The van der Waals surface area contributed by atoms with Crippen molar-refractivity contribution in [2.24, 2.45) is 0 Å². The van der Waals surface area contributed by atoms with Gasteiger partial charge in [0.25, 0.3) is 5.91 Å². The summed E-state index contributed by atoms with van der Waals surface area (Å²) in [6.07, 6.45) is -1.24. The SMILES string of the molecule is O=C1Nc2cc(Sc3ccc(F)c(F)c3)c(Cl)cc2C1O. The van der Waals surface area contributed by atoms with Crippen LogP contribution in [0.15, 0.2) is 40.1 Å². The van der Waals surface area contributed by atoms with E-state index in [0.29, 0.717) is 26.1 Å². The molecule has 0 fully saturated rings. The Bertz CT molecular complexity index is 754. The molecule has 2 N–H and O–H groups in total. The highest BCUT2D eigenvalue weighted by atomic mass is 35.5. The minimum Gasteiger partial charge on any atom is -0.378 e. The van der Waals surface area contributed by atoms with Crippen LogP contribution in [0.5, 0.6) is 0 Å². The second-order valence-electron chi connectivity index (χ2n) is 4.44. The first-order chi connectivity index (χ1) is 9.95. The molecular weight excluding hydrogens is 320 g/mol. The highest BCUT2D eigenvalue weighted by Crippen LogP contribution is 2.41. The van der Waals surface area contributed by atoms with Crippen molar-refractivity contribution >= 4 is 35.0 Å². The smallest absolute Gasteiger partial charge is 0.257 e. The van der Waals surface area contributed by atoms with E-state index in [0.717, 1.165) is 23.9 Å². The van der Waals surface area contributed by atoms with Crippen LogP contribution in [0.1, 0.15) is 11.7 Å². The van der Waals surface area contributed by atoms with Gasteiger partial charge in [-0.1, -0.05) is 23.4 Å². The molecule has 108 valence electrons. The molecule has 0 saturated carbocycles. The Balaban J connectivity index is 1.95. The monoisotopic (exact) mass is 327 g/mol. The van der Waals surface area contributed by atoms with E-state index in [4.69, 9.17) is 11.6 Å². The number of fused-ring (bicyclic) bond motifs is 1. The molecular formula is C14H8ClF2NO2S. The van der Waals surface area contributed by atoms with Crippen LogP contribution in [0.3, 0.4) is 0 Å². The molecule has 0 saturated heterocycles. The number of rotatable bonds is 2. The van der Waals surface area contributed by atoms with Gasteiger partial charge in [0.05, 0.1) is 5.02 Å². The Morgan fingerprint density at radius 2 is 1.95 bits per heavy atom. The molecule has 1 atom stereocenters. The normalized spacial score (nSPS) is 16.8. The van der Waals surface area contributed by atoms with Gasteiger partial charge in [-0.25, -0.2) is 8.78 Å². The average molecular weight is 328 g/mol. The van der Waals surface area contributed by atoms with Crippen LogP contribution < -0.4 is 5.32 Å². The third kappa shape index (κ3) is 2.62. The maximum absolute atomic E-state index is 13.2. The van der Waals surface area contributed by atoms with E-state index in [2.05, 4.69) is 5.32 Å². The van der Waals surface area contributed by atoms with Crippen molar-refractivity contribution in [1.82, 2.24) is 0 Å². The molecule has 1 amide bonds. The van der Waals surface area contributed by atoms with Crippen molar-refractivity contribution in [1.29, 1.82) is 0 Å². The van der Waals surface area contributed by atoms with Crippen LogP contribution in [0, 0.1) is 11.6 Å². The summed E-state index contributed by atoms with van der Waals surface area (Å²) >= 11 is 7.24. The van der Waals surface area contributed by atoms with E-state index in [1.165, 1.54) is 12.1 Å². The van der Waals surface area contributed by atoms with Crippen molar-refractivity contribution in [3.05, 3.63) is 52.6 Å². The first kappa shape index (κ1) is 14.3. The first-order valence-electron chi connectivity index (χ1n) is 5.91. The Kier molecular flexibility index (Phi) is 3.61. The molecule has 0 bridgehead atoms. The predicted octanol–water partition coefficient (Wildman–Crippen LogP) is 3.75. The maximum atomic E-state index is 13.2. The average Bonchev–Trinajstić information content (AvgIpc) is 2.70. The van der Waals surface area contributed by atoms with Gasteiger partial charge in [-0.2, -0.15) is 0 Å². The third-order valence-corrected chi connectivity index (χ3v) is 4.50. The van der Waals surface area contributed by atoms with Crippen molar-refractivity contribution < 1.29 is 18.7 Å². The summed E-state index contributed by atoms with van der Waals surface area (Å²) in [5, 5.41) is 12.5. The molecule has 2 aromatic rings. The number of amides is 1. The number of anilines is 1. The van der Waals surface area contributed by atoms with E-state index in [1.54, 1.807) is 6.07 Å². The summed E-state index contributed by atoms with van der Waals surface area (Å²) < 4.78 is 26.1. The van der Waals surface area contributed by atoms with E-state index in [1.807, 2.05) is 0 Å². The molecule has 0 aliphatic carbocycles. The minimum absolute atomic E-state index is 0.319. The van der Waals surface area contributed by atoms with Crippen LogP contribution >= 0.6 is 23.4 Å². The molecule has 21 heavy (non-hydrogen) atoms. The van der Waals surface area contributed by atoms with Gasteiger partial charge in [0.1, 0.15) is 0 Å². The number of hydrogen-bond donors (Lipinski definition) is 2. The Morgan fingerprint density at radius 1 is 1.19 bits per heavy atom. The number of aliphatic hydroxyl groups is 1. The number of halogens is 3. The molecule has 1 unspecified atom stereocenters. The van der Waals surface area contributed by atoms with Gasteiger partial charge in [-0.3, -0.25) is 4.79 Å². The third-order valence-electron chi connectivity index (χ3n) is 3.02. The number of carbonyl (C=O) groups excluding carboxylic acids is 1. The summed E-state index contributed by atoms with van der Waals surface area (Å²) in [6.45, 7) is 0. The van der Waals surface area contributed by atoms with Crippen LogP contribution in [0.2, 0.25) is 5.02 Å². The number of hydrogen-bond acceptors (Lipinski definition) is 3. The van der Waals surface area contributed by atoms with Crippen molar-refractivity contribution in [2.75, 3.05) is 5.32 Å². The summed E-state index contributed by atoms with van der Waals surface area (Å²) in [6, 6.07) is 6.61. The van der Waals surface area contributed by atoms with Crippen LogP contribution in [-0.2, 0) is 4.79 Å². The summed E-state index contributed by atoms with van der Waals surface area (Å²) in [4.78, 5) is 12.4. The molecule has 3 nitrogen and oxygen atoms in total. The lowest BCUT2D eigenvalue weighted by Gasteiger charge is -2.08. The zero-order valence-corrected chi connectivity index (χ0v) is 11.9. The van der Waals surface area contributed by atoms with Crippen molar-refractivity contribution in [3.8, 4) is 0 Å². The highest BCUT2D eigenvalue weighted by Gasteiger charge is 2.29. The van der Waals surface area contributed by atoms with Crippen LogP contribution in [-0.4, -0.2) is 11.0 Å². The summed E-state index contributed by atoms with van der Waals surface area (Å²) in [7, 11) is 0. The van der Waals surface area contributed by atoms with Crippen LogP contribution in [0.4, 0.5) is 14.5 Å². The van der Waals surface area contributed by atoms with Gasteiger partial charge in [0, 0.05) is 21.0 Å². The molecule has 3 rings (SSSR count). The Hall–Kier alpha value is -1.63. The zero-order chi connectivity index (χ0) is 15.1. The molecule has 0 aromatic heterocycles. The van der Waals surface area contributed by atoms with Crippen molar-refractivity contribution in [2.45, 2.75) is 15.9 Å². The van der Waals surface area contributed by atoms with E-state index >= 15 is 0 Å². The fraction of sp³-hybridized carbons (Fsp3) is 0.0714. The number of nitrogens with one attached hydrogen (secondary N) is 1. The predicted molar refractivity (Wildman–Crippen MR) is 75.5 cm³/mol. The molecule has 1 heterocycles. The standard InChI is InChI=1S/C14H8ClF2NO2S/c15-8-4-7-11(18-14(20)13(7)19)5-12(8)21-6-1-2-9(16)10(17)3-6/h1-5,13,19H,(H,18,20). The zero-order valence-electron chi connectivity index (χ0n) is 10.4. The lowest BCUT2D eigenvalue weighted by Crippen LogP contribution is -2.10. The quantitative estimate of drug-likeness (QED) is 0.883. The molecule has 7 heteroatoms. The topological polar surface area (TPSA) is 49.3 Å². The lowest BCUT2D eigenvalue weighted by molar-refractivity contribution is -0.123. The van der Waals surface area contributed by atoms with Gasteiger partial charge in [0.15, 0.2) is 17.7 Å². The second kappa shape index (κ2) is 5.29. The second-order valence-corrected chi connectivity index (χ2v) is 5.96. The summed E-state index contributed by atoms with van der Waals surface area (Å²) in [5.41, 5.74) is 0.863. The van der Waals surface area contributed by atoms with Gasteiger partial charge in [-0.05, 0) is 30.3 Å².